The summed E-state index contributed by atoms with van der Waals surface area (Å²) >= 11 is 0. The van der Waals surface area contributed by atoms with Crippen LogP contribution in [-0.4, -0.2) is 24.1 Å². The van der Waals surface area contributed by atoms with Crippen molar-refractivity contribution in [3.8, 4) is 56.4 Å². The molecule has 10 aromatic carbocycles. The fourth-order valence-corrected chi connectivity index (χ4v) is 11.8. The Kier molecular flexibility index (Phi) is 9.91. The zero-order valence-corrected chi connectivity index (χ0v) is 40.8. The third kappa shape index (κ3) is 6.98. The smallest absolute Gasteiger partial charge is 0.238 e. The summed E-state index contributed by atoms with van der Waals surface area (Å²) in [6.07, 6.45) is 5.45. The molecule has 0 bridgehead atoms. The number of anilines is 2. The average molecular weight is 959 g/mol. The van der Waals surface area contributed by atoms with Crippen molar-refractivity contribution < 1.29 is 0 Å². The third-order valence-corrected chi connectivity index (χ3v) is 15.3. The minimum atomic E-state index is 0.214. The van der Waals surface area contributed by atoms with E-state index in [4.69, 9.17) is 15.0 Å². The highest BCUT2D eigenvalue weighted by Crippen LogP contribution is 2.52. The molecule has 15 rings (SSSR count). The molecular formula is C69H46N6. The first-order valence-corrected chi connectivity index (χ1v) is 25.7. The Balaban J connectivity index is 0.929. The predicted octanol–water partition coefficient (Wildman–Crippen LogP) is 17.3. The van der Waals surface area contributed by atoms with Gasteiger partial charge in [-0.1, -0.05) is 218 Å². The molecule has 0 N–H and O–H groups in total. The monoisotopic (exact) mass is 958 g/mol. The van der Waals surface area contributed by atoms with Crippen molar-refractivity contribution in [1.82, 2.24) is 24.1 Å². The van der Waals surface area contributed by atoms with Gasteiger partial charge >= 0.3 is 0 Å². The summed E-state index contributed by atoms with van der Waals surface area (Å²) in [4.78, 5) is 18.8. The van der Waals surface area contributed by atoms with Gasteiger partial charge in [-0.15, -0.1) is 0 Å². The van der Waals surface area contributed by atoms with Crippen LogP contribution in [0.4, 0.5) is 11.4 Å². The van der Waals surface area contributed by atoms with Crippen molar-refractivity contribution in [2.45, 2.75) is 12.3 Å². The van der Waals surface area contributed by atoms with Gasteiger partial charge in [0, 0.05) is 61.2 Å². The molecule has 75 heavy (non-hydrogen) atoms. The highest BCUT2D eigenvalue weighted by atomic mass is 15.2. The Hall–Kier alpha value is -9.91. The lowest BCUT2D eigenvalue weighted by atomic mass is 9.89. The summed E-state index contributed by atoms with van der Waals surface area (Å²) in [5.74, 6) is 2.02. The number of rotatable bonds is 8. The molecule has 6 heteroatoms. The average Bonchev–Trinajstić information content (AvgIpc) is 4.15. The molecule has 1 aliphatic heterocycles. The minimum absolute atomic E-state index is 0.214. The molecule has 13 aromatic rings. The molecule has 4 heterocycles. The van der Waals surface area contributed by atoms with Crippen molar-refractivity contribution >= 4 is 60.6 Å². The van der Waals surface area contributed by atoms with E-state index in [2.05, 4.69) is 269 Å². The molecule has 0 saturated heterocycles. The van der Waals surface area contributed by atoms with Crippen LogP contribution < -0.4 is 4.90 Å². The summed E-state index contributed by atoms with van der Waals surface area (Å²) in [7, 11) is 0. The van der Waals surface area contributed by atoms with E-state index in [9.17, 15) is 0 Å². The van der Waals surface area contributed by atoms with Crippen LogP contribution in [0.3, 0.4) is 0 Å². The van der Waals surface area contributed by atoms with Crippen LogP contribution >= 0.6 is 0 Å². The Morgan fingerprint density at radius 2 is 0.853 bits per heavy atom. The van der Waals surface area contributed by atoms with Crippen molar-refractivity contribution in [2.24, 2.45) is 0 Å². The van der Waals surface area contributed by atoms with Crippen LogP contribution in [-0.2, 0) is 0 Å². The summed E-state index contributed by atoms with van der Waals surface area (Å²) in [6.45, 7) is 0. The van der Waals surface area contributed by atoms with Crippen molar-refractivity contribution in [3.63, 3.8) is 0 Å². The quantitative estimate of drug-likeness (QED) is 0.152. The molecule has 0 spiro atoms. The van der Waals surface area contributed by atoms with E-state index in [1.165, 1.54) is 44.6 Å². The summed E-state index contributed by atoms with van der Waals surface area (Å²) in [6, 6.07) is 89.1. The van der Waals surface area contributed by atoms with Crippen LogP contribution in [0.5, 0.6) is 0 Å². The molecule has 0 amide bonds. The Morgan fingerprint density at radius 3 is 1.52 bits per heavy atom. The lowest BCUT2D eigenvalue weighted by Gasteiger charge is -2.26. The van der Waals surface area contributed by atoms with Gasteiger partial charge in [0.25, 0.3) is 0 Å². The van der Waals surface area contributed by atoms with Crippen LogP contribution in [0.1, 0.15) is 23.7 Å². The van der Waals surface area contributed by atoms with E-state index in [1.54, 1.807) is 0 Å². The van der Waals surface area contributed by atoms with Gasteiger partial charge in [0.2, 0.25) is 5.95 Å². The first-order chi connectivity index (χ1) is 37.2. The highest BCUT2D eigenvalue weighted by molar-refractivity contribution is 6.24. The zero-order valence-electron chi connectivity index (χ0n) is 40.8. The number of allylic oxidation sites excluding steroid dienone is 4. The van der Waals surface area contributed by atoms with Crippen molar-refractivity contribution in [3.05, 3.63) is 278 Å². The predicted molar refractivity (Wildman–Crippen MR) is 309 cm³/mol. The first-order valence-electron chi connectivity index (χ1n) is 25.7. The molecular weight excluding hydrogens is 913 g/mol. The van der Waals surface area contributed by atoms with E-state index >= 15 is 0 Å². The third-order valence-electron chi connectivity index (χ3n) is 15.3. The molecule has 1 aliphatic carbocycles. The number of hydrogen-bond donors (Lipinski definition) is 0. The molecule has 0 radical (unpaired) electrons. The van der Waals surface area contributed by atoms with Crippen LogP contribution in [0, 0.1) is 0 Å². The largest absolute Gasteiger partial charge is 0.313 e. The summed E-state index contributed by atoms with van der Waals surface area (Å²) in [5.41, 5.74) is 19.2. The number of para-hydroxylation sites is 5. The maximum atomic E-state index is 5.57. The number of aromatic nitrogens is 5. The molecule has 2 aliphatic rings. The lowest BCUT2D eigenvalue weighted by Crippen LogP contribution is -2.16. The Labute approximate surface area is 434 Å². The molecule has 1 atom stereocenters. The van der Waals surface area contributed by atoms with E-state index in [0.29, 0.717) is 17.6 Å². The lowest BCUT2D eigenvalue weighted by molar-refractivity contribution is 0.819. The van der Waals surface area contributed by atoms with E-state index in [0.717, 1.165) is 78.3 Å². The fraction of sp³-hybridized carbons (Fsp3) is 0.0290. The SMILES string of the molecule is C1=C(c2nc(-c3ccccc3)nc(-n3c4ccccc4c4ccc5c6ccccc6n(-c6ccccc6-c6ccc(-c7ccc(-c8ccccc8)cc7)cc6)c5c43)n2)C=C2C(C1)c1ccccc1N2c1ccccc1. The Morgan fingerprint density at radius 1 is 0.360 bits per heavy atom. The minimum Gasteiger partial charge on any atom is -0.313 e. The van der Waals surface area contributed by atoms with Gasteiger partial charge in [-0.2, -0.15) is 9.97 Å². The molecule has 1 unspecified atom stereocenters. The normalized spacial score (nSPS) is 14.1. The van der Waals surface area contributed by atoms with Crippen molar-refractivity contribution in [2.75, 3.05) is 4.90 Å². The van der Waals surface area contributed by atoms with E-state index in [-0.39, 0.29) is 5.92 Å². The second kappa shape index (κ2) is 17.4. The molecule has 6 nitrogen and oxygen atoms in total. The number of hydrogen-bond acceptors (Lipinski definition) is 4. The standard InChI is InChI=1S/C69H46N6/c1-4-18-45(19-5-1)46-32-34-47(35-33-46)48-36-38-49(39-37-48)53-24-10-14-28-60(53)74-62-30-16-12-26-55(62)58-42-43-59-56-27-13-17-31-63(56)75(66(59)65(58)74)69-71-67(50-20-6-2-7-21-50)70-68(72-69)51-40-41-57-54-25-11-15-29-61(54)73(64(57)44-51)52-22-8-3-9-23-52/h1-40,42-44,57H,41H2. The van der Waals surface area contributed by atoms with Gasteiger partial charge < -0.3 is 9.47 Å². The maximum Gasteiger partial charge on any atom is 0.238 e. The number of nitrogens with zero attached hydrogens (tertiary/aromatic N) is 6. The van der Waals surface area contributed by atoms with Gasteiger partial charge in [-0.3, -0.25) is 4.57 Å². The molecule has 352 valence electrons. The first kappa shape index (κ1) is 42.7. The number of fused-ring (bicyclic) bond motifs is 10. The van der Waals surface area contributed by atoms with Crippen molar-refractivity contribution in [1.29, 1.82) is 0 Å². The van der Waals surface area contributed by atoms with Crippen LogP contribution in [0.2, 0.25) is 0 Å². The molecule has 0 saturated carbocycles. The Bertz CT molecular complexity index is 4420. The maximum absolute atomic E-state index is 5.57. The summed E-state index contributed by atoms with van der Waals surface area (Å²) in [5, 5.41) is 4.57. The van der Waals surface area contributed by atoms with E-state index in [1.807, 2.05) is 6.07 Å². The van der Waals surface area contributed by atoms with Crippen LogP contribution in [0.25, 0.3) is 106 Å². The van der Waals surface area contributed by atoms with Gasteiger partial charge in [-0.05, 0) is 82.3 Å². The van der Waals surface area contributed by atoms with Crippen LogP contribution in [0.15, 0.2) is 267 Å². The topological polar surface area (TPSA) is 51.8 Å². The second-order valence-corrected chi connectivity index (χ2v) is 19.5. The van der Waals surface area contributed by atoms with Gasteiger partial charge in [-0.25, -0.2) is 4.98 Å². The zero-order chi connectivity index (χ0) is 49.4. The molecule has 0 fully saturated rings. The van der Waals surface area contributed by atoms with Gasteiger partial charge in [0.05, 0.1) is 27.8 Å². The van der Waals surface area contributed by atoms with Gasteiger partial charge in [0.1, 0.15) is 0 Å². The van der Waals surface area contributed by atoms with Gasteiger partial charge in [0.15, 0.2) is 11.6 Å². The second-order valence-electron chi connectivity index (χ2n) is 19.5. The summed E-state index contributed by atoms with van der Waals surface area (Å²) < 4.78 is 4.76. The fourth-order valence-electron chi connectivity index (χ4n) is 11.8. The number of benzene rings is 10. The van der Waals surface area contributed by atoms with E-state index < -0.39 is 0 Å². The highest BCUT2D eigenvalue weighted by Gasteiger charge is 2.36. The molecule has 3 aromatic heterocycles.